The summed E-state index contributed by atoms with van der Waals surface area (Å²) < 4.78 is 1.66. The number of benzene rings is 4. The molecule has 0 fully saturated rings. The van der Waals surface area contributed by atoms with Crippen molar-refractivity contribution in [3.05, 3.63) is 150 Å². The summed E-state index contributed by atoms with van der Waals surface area (Å²) in [6.45, 7) is 0. The van der Waals surface area contributed by atoms with E-state index >= 15 is 0 Å². The first-order valence-electron chi connectivity index (χ1n) is 12.2. The number of carbonyl (C=O) groups excluding carboxylic acids is 1. The van der Waals surface area contributed by atoms with Gasteiger partial charge >= 0.3 is 0 Å². The Bertz CT molecular complexity index is 1630. The molecule has 5 heteroatoms. The zero-order valence-electron chi connectivity index (χ0n) is 20.6. The monoisotopic (exact) mass is 492 g/mol. The molecule has 5 nitrogen and oxygen atoms in total. The number of hydrogen-bond donors (Lipinski definition) is 0. The van der Waals surface area contributed by atoms with Gasteiger partial charge in [0.25, 0.3) is 0 Å². The average molecular weight is 493 g/mol. The van der Waals surface area contributed by atoms with E-state index < -0.39 is 0 Å². The molecule has 0 bridgehead atoms. The van der Waals surface area contributed by atoms with Crippen molar-refractivity contribution in [2.24, 2.45) is 0 Å². The van der Waals surface area contributed by atoms with E-state index in [-0.39, 0.29) is 0 Å². The first-order chi connectivity index (χ1) is 18.8. The number of para-hydroxylation sites is 1. The number of nitriles is 1. The minimum absolute atomic E-state index is 0.521. The smallest absolute Gasteiger partial charge is 0.168 e. The summed E-state index contributed by atoms with van der Waals surface area (Å²) in [5, 5.41) is 15.0. The molecule has 0 aliphatic carbocycles. The van der Waals surface area contributed by atoms with E-state index in [2.05, 4.69) is 23.2 Å². The summed E-state index contributed by atoms with van der Waals surface area (Å²) in [6.07, 6.45) is 3.27. The molecule has 0 radical (unpaired) electrons. The number of fused-ring (bicyclic) bond motifs is 1. The fourth-order valence-electron chi connectivity index (χ4n) is 4.28. The van der Waals surface area contributed by atoms with Gasteiger partial charge in [0.05, 0.1) is 28.5 Å². The van der Waals surface area contributed by atoms with E-state index in [1.807, 2.05) is 91.1 Å². The van der Waals surface area contributed by atoms with Crippen LogP contribution in [0, 0.1) is 11.3 Å². The molecule has 2 heterocycles. The summed E-state index contributed by atoms with van der Waals surface area (Å²) in [4.78, 5) is 16.2. The summed E-state index contributed by atoms with van der Waals surface area (Å²) in [6, 6.07) is 41.2. The number of aromatic nitrogens is 3. The SMILES string of the molecule is N#Cc1ccc(-n2nc(-c3ccccc3)c(Cc3ccccc3)c2C=O)cc1.c1ccc2ncccc2c1. The molecule has 182 valence electrons. The number of hydrogen-bond acceptors (Lipinski definition) is 4. The van der Waals surface area contributed by atoms with Crippen molar-refractivity contribution in [2.75, 3.05) is 0 Å². The molecule has 4 aromatic carbocycles. The van der Waals surface area contributed by atoms with E-state index in [1.165, 1.54) is 5.39 Å². The third-order valence-corrected chi connectivity index (χ3v) is 6.16. The second kappa shape index (κ2) is 11.6. The molecule has 6 aromatic rings. The van der Waals surface area contributed by atoms with Gasteiger partial charge in [-0.25, -0.2) is 4.68 Å². The number of rotatable bonds is 5. The van der Waals surface area contributed by atoms with Crippen molar-refractivity contribution < 1.29 is 4.79 Å². The third kappa shape index (κ3) is 5.40. The van der Waals surface area contributed by atoms with E-state index in [4.69, 9.17) is 10.4 Å². The van der Waals surface area contributed by atoms with Gasteiger partial charge in [-0.05, 0) is 42.0 Å². The molecule has 0 N–H and O–H groups in total. The van der Waals surface area contributed by atoms with Crippen LogP contribution in [0.5, 0.6) is 0 Å². The Morgan fingerprint density at radius 3 is 2.11 bits per heavy atom. The number of carbonyl (C=O) groups is 1. The summed E-state index contributed by atoms with van der Waals surface area (Å²) in [5.41, 5.74) is 6.64. The van der Waals surface area contributed by atoms with Crippen LogP contribution in [-0.4, -0.2) is 21.1 Å². The van der Waals surface area contributed by atoms with E-state index in [0.29, 0.717) is 17.7 Å². The molecule has 2 aromatic heterocycles. The van der Waals surface area contributed by atoms with Gasteiger partial charge in [0, 0.05) is 29.1 Å². The largest absolute Gasteiger partial charge is 0.296 e. The fourth-order valence-corrected chi connectivity index (χ4v) is 4.28. The van der Waals surface area contributed by atoms with Crippen LogP contribution in [0.15, 0.2) is 128 Å². The van der Waals surface area contributed by atoms with Crippen LogP contribution in [0.25, 0.3) is 27.8 Å². The molecular weight excluding hydrogens is 468 g/mol. The maximum Gasteiger partial charge on any atom is 0.168 e. The lowest BCUT2D eigenvalue weighted by molar-refractivity contribution is 0.111. The lowest BCUT2D eigenvalue weighted by atomic mass is 9.99. The molecule has 0 unspecified atom stereocenters. The second-order valence-electron chi connectivity index (χ2n) is 8.63. The Morgan fingerprint density at radius 1 is 0.763 bits per heavy atom. The van der Waals surface area contributed by atoms with Crippen LogP contribution < -0.4 is 0 Å². The molecule has 6 rings (SSSR count). The second-order valence-corrected chi connectivity index (χ2v) is 8.63. The number of nitrogens with zero attached hydrogens (tertiary/aromatic N) is 4. The maximum atomic E-state index is 12.1. The Morgan fingerprint density at radius 2 is 1.42 bits per heavy atom. The first kappa shape index (κ1) is 24.4. The van der Waals surface area contributed by atoms with Gasteiger partial charge in [-0.15, -0.1) is 0 Å². The number of pyridine rings is 1. The predicted octanol–water partition coefficient (Wildman–Crippen LogP) is 7.05. The molecule has 0 saturated carbocycles. The van der Waals surface area contributed by atoms with Gasteiger partial charge in [-0.2, -0.15) is 10.4 Å². The van der Waals surface area contributed by atoms with Crippen LogP contribution in [0.1, 0.15) is 27.2 Å². The zero-order valence-corrected chi connectivity index (χ0v) is 20.6. The highest BCUT2D eigenvalue weighted by atomic mass is 16.1. The maximum absolute atomic E-state index is 12.1. The average Bonchev–Trinajstić information content (AvgIpc) is 3.36. The lowest BCUT2D eigenvalue weighted by Crippen LogP contribution is -2.03. The lowest BCUT2D eigenvalue weighted by Gasteiger charge is -2.05. The first-order valence-corrected chi connectivity index (χ1v) is 12.2. The Kier molecular flexibility index (Phi) is 7.43. The van der Waals surface area contributed by atoms with Crippen molar-refractivity contribution in [3.8, 4) is 23.0 Å². The normalized spacial score (nSPS) is 10.3. The van der Waals surface area contributed by atoms with Crippen molar-refractivity contribution in [2.45, 2.75) is 6.42 Å². The topological polar surface area (TPSA) is 71.6 Å². The summed E-state index contributed by atoms with van der Waals surface area (Å²) in [5.74, 6) is 0. The summed E-state index contributed by atoms with van der Waals surface area (Å²) >= 11 is 0. The van der Waals surface area contributed by atoms with Gasteiger partial charge < -0.3 is 0 Å². The fraction of sp³-hybridized carbons (Fsp3) is 0.0303. The van der Waals surface area contributed by atoms with Crippen molar-refractivity contribution in [3.63, 3.8) is 0 Å². The van der Waals surface area contributed by atoms with Crippen molar-refractivity contribution in [1.29, 1.82) is 5.26 Å². The quantitative estimate of drug-likeness (QED) is 0.242. The van der Waals surface area contributed by atoms with E-state index in [0.717, 1.165) is 39.9 Å². The van der Waals surface area contributed by atoms with E-state index in [1.54, 1.807) is 28.9 Å². The van der Waals surface area contributed by atoms with Crippen molar-refractivity contribution in [1.82, 2.24) is 14.8 Å². The molecule has 38 heavy (non-hydrogen) atoms. The Labute approximate surface area is 221 Å². The minimum Gasteiger partial charge on any atom is -0.296 e. The van der Waals surface area contributed by atoms with E-state index in [9.17, 15) is 4.79 Å². The highest BCUT2D eigenvalue weighted by Gasteiger charge is 2.20. The highest BCUT2D eigenvalue weighted by molar-refractivity contribution is 5.82. The third-order valence-electron chi connectivity index (χ3n) is 6.16. The number of aldehydes is 1. The molecule has 0 saturated heterocycles. The van der Waals surface area contributed by atoms with Crippen LogP contribution >= 0.6 is 0 Å². The Balaban J connectivity index is 0.000000244. The van der Waals surface area contributed by atoms with Crippen LogP contribution in [0.4, 0.5) is 0 Å². The van der Waals surface area contributed by atoms with Gasteiger partial charge in [-0.1, -0.05) is 84.9 Å². The molecule has 0 spiro atoms. The molecule has 0 atom stereocenters. The summed E-state index contributed by atoms with van der Waals surface area (Å²) in [7, 11) is 0. The van der Waals surface area contributed by atoms with Crippen LogP contribution in [-0.2, 0) is 6.42 Å². The van der Waals surface area contributed by atoms with Gasteiger partial charge in [0.2, 0.25) is 0 Å². The van der Waals surface area contributed by atoms with Crippen LogP contribution in [0.2, 0.25) is 0 Å². The van der Waals surface area contributed by atoms with Gasteiger partial charge in [0.15, 0.2) is 6.29 Å². The predicted molar refractivity (Wildman–Crippen MR) is 150 cm³/mol. The standard InChI is InChI=1S/C24H17N3O.C9H7N/c25-16-19-11-13-21(14-12-19)27-23(17-28)22(15-18-7-3-1-4-8-18)24(26-27)20-9-5-2-6-10-20;1-2-6-9-8(4-1)5-3-7-10-9/h1-14,17H,15H2;1-7H. The molecular formula is C33H24N4O. The van der Waals surface area contributed by atoms with Crippen molar-refractivity contribution >= 4 is 17.2 Å². The molecule has 0 aliphatic heterocycles. The molecule has 0 aliphatic rings. The zero-order chi connectivity index (χ0) is 26.2. The minimum atomic E-state index is 0.521. The highest BCUT2D eigenvalue weighted by Crippen LogP contribution is 2.29. The van der Waals surface area contributed by atoms with Gasteiger partial charge in [0.1, 0.15) is 5.69 Å². The van der Waals surface area contributed by atoms with Gasteiger partial charge in [-0.3, -0.25) is 9.78 Å². The van der Waals surface area contributed by atoms with Crippen LogP contribution in [0.3, 0.4) is 0 Å². The Hall–Kier alpha value is -5.34. The molecule has 0 amide bonds.